The number of hydrogen-bond donors (Lipinski definition) is 2. The summed E-state index contributed by atoms with van der Waals surface area (Å²) in [5.41, 5.74) is 6.04. The lowest BCUT2D eigenvalue weighted by Gasteiger charge is -2.34. The van der Waals surface area contributed by atoms with Crippen molar-refractivity contribution in [3.05, 3.63) is 76.6 Å². The van der Waals surface area contributed by atoms with Gasteiger partial charge in [-0.25, -0.2) is 9.97 Å². The van der Waals surface area contributed by atoms with E-state index in [9.17, 15) is 18.0 Å². The van der Waals surface area contributed by atoms with E-state index in [1.54, 1.807) is 12.1 Å². The van der Waals surface area contributed by atoms with Crippen LogP contribution in [0.3, 0.4) is 0 Å². The topological polar surface area (TPSA) is 96.6 Å². The lowest BCUT2D eigenvalue weighted by Crippen LogP contribution is -2.45. The van der Waals surface area contributed by atoms with Crippen LogP contribution in [0.15, 0.2) is 48.8 Å². The predicted octanol–water partition coefficient (Wildman–Crippen LogP) is 3.88. The number of carbonyl (C=O) groups excluding carboxylic acids is 1. The second-order valence-electron chi connectivity index (χ2n) is 9.03. The normalized spacial score (nSPS) is 14.4. The summed E-state index contributed by atoms with van der Waals surface area (Å²) in [5, 5.41) is 2.56. The summed E-state index contributed by atoms with van der Waals surface area (Å²) in [7, 11) is 1.47. The first kappa shape index (κ1) is 27.9. The minimum atomic E-state index is -4.59. The number of anilines is 2. The molecule has 3 heterocycles. The average molecular weight is 539 g/mol. The lowest BCUT2D eigenvalue weighted by atomic mass is 10.0. The number of nitrogens with one attached hydrogen (secondary N) is 1. The van der Waals surface area contributed by atoms with Crippen molar-refractivity contribution < 1.29 is 22.7 Å². The number of nitrogens with two attached hydrogens (primary N) is 1. The molecule has 1 aliphatic heterocycles. The van der Waals surface area contributed by atoms with E-state index in [1.165, 1.54) is 37.7 Å². The minimum absolute atomic E-state index is 0.111. The summed E-state index contributed by atoms with van der Waals surface area (Å²) in [6.45, 7) is 6.19. The van der Waals surface area contributed by atoms with Crippen LogP contribution in [-0.4, -0.2) is 65.5 Å². The van der Waals surface area contributed by atoms with Gasteiger partial charge >= 0.3 is 6.18 Å². The molecule has 3 N–H and O–H groups in total. The molecule has 1 aromatic carbocycles. The standard InChI is InChI=1S/C28H29F3N6O2/c1-3-36-10-12-37(13-11-36)18-22-7-6-21(16-23(22)28(29,30)31)27(38)35-25-15-19(8-9-33-25)4-5-20-14-24(39-2)26(32)34-17-20/h6-9,14-17H,3,10-13,18H2,1-2H3,(H2,32,34)(H,33,35,38). The molecule has 0 bridgehead atoms. The van der Waals surface area contributed by atoms with Crippen molar-refractivity contribution in [2.75, 3.05) is 50.9 Å². The van der Waals surface area contributed by atoms with Crippen molar-refractivity contribution in [3.8, 4) is 17.6 Å². The fourth-order valence-electron chi connectivity index (χ4n) is 4.22. The van der Waals surface area contributed by atoms with Crippen molar-refractivity contribution in [2.45, 2.75) is 19.6 Å². The van der Waals surface area contributed by atoms with Gasteiger partial charge in [0.15, 0.2) is 11.6 Å². The molecule has 0 spiro atoms. The highest BCUT2D eigenvalue weighted by Crippen LogP contribution is 2.33. The molecule has 8 nitrogen and oxygen atoms in total. The largest absolute Gasteiger partial charge is 0.493 e. The van der Waals surface area contributed by atoms with Gasteiger partial charge in [-0.2, -0.15) is 13.2 Å². The van der Waals surface area contributed by atoms with E-state index < -0.39 is 17.6 Å². The van der Waals surface area contributed by atoms with E-state index in [4.69, 9.17) is 10.5 Å². The van der Waals surface area contributed by atoms with Crippen LogP contribution in [-0.2, 0) is 12.7 Å². The molecule has 0 aliphatic carbocycles. The smallest absolute Gasteiger partial charge is 0.416 e. The minimum Gasteiger partial charge on any atom is -0.493 e. The van der Waals surface area contributed by atoms with Gasteiger partial charge in [0.05, 0.1) is 12.7 Å². The first-order chi connectivity index (χ1) is 18.7. The lowest BCUT2D eigenvalue weighted by molar-refractivity contribution is -0.138. The highest BCUT2D eigenvalue weighted by molar-refractivity contribution is 6.04. The highest BCUT2D eigenvalue weighted by Gasteiger charge is 2.34. The quantitative estimate of drug-likeness (QED) is 0.460. The van der Waals surface area contributed by atoms with E-state index >= 15 is 0 Å². The summed E-state index contributed by atoms with van der Waals surface area (Å²) in [5.74, 6) is 5.96. The van der Waals surface area contributed by atoms with Crippen molar-refractivity contribution in [1.29, 1.82) is 0 Å². The summed E-state index contributed by atoms with van der Waals surface area (Å²) in [4.78, 5) is 25.2. The van der Waals surface area contributed by atoms with Gasteiger partial charge in [-0.1, -0.05) is 24.8 Å². The van der Waals surface area contributed by atoms with Crippen LogP contribution in [0, 0.1) is 11.8 Å². The number of aromatic nitrogens is 2. The van der Waals surface area contributed by atoms with Crippen LogP contribution in [0.25, 0.3) is 0 Å². The van der Waals surface area contributed by atoms with Crippen LogP contribution < -0.4 is 15.8 Å². The monoisotopic (exact) mass is 538 g/mol. The Morgan fingerprint density at radius 3 is 2.46 bits per heavy atom. The van der Waals surface area contributed by atoms with Crippen LogP contribution in [0.5, 0.6) is 5.75 Å². The second-order valence-corrected chi connectivity index (χ2v) is 9.03. The molecular formula is C28H29F3N6O2. The van der Waals surface area contributed by atoms with Crippen LogP contribution >= 0.6 is 0 Å². The number of rotatable bonds is 6. The third kappa shape index (κ3) is 7.25. The Kier molecular flexibility index (Phi) is 8.69. The van der Waals surface area contributed by atoms with E-state index in [-0.39, 0.29) is 29.3 Å². The maximum absolute atomic E-state index is 13.9. The Labute approximate surface area is 225 Å². The summed E-state index contributed by atoms with van der Waals surface area (Å²) in [6, 6.07) is 8.51. The highest BCUT2D eigenvalue weighted by atomic mass is 19.4. The number of amides is 1. The molecule has 1 amide bonds. The molecule has 3 aromatic rings. The van der Waals surface area contributed by atoms with Crippen molar-refractivity contribution in [2.24, 2.45) is 0 Å². The fourth-order valence-corrected chi connectivity index (χ4v) is 4.22. The number of ether oxygens (including phenoxy) is 1. The zero-order chi connectivity index (χ0) is 28.0. The van der Waals surface area contributed by atoms with Gasteiger partial charge in [0.25, 0.3) is 5.91 Å². The van der Waals surface area contributed by atoms with Gasteiger partial charge in [0.1, 0.15) is 5.82 Å². The summed E-state index contributed by atoms with van der Waals surface area (Å²) in [6.07, 6.45) is -1.64. The van der Waals surface area contributed by atoms with E-state index in [2.05, 4.69) is 38.9 Å². The number of hydrogen-bond acceptors (Lipinski definition) is 7. The van der Waals surface area contributed by atoms with E-state index in [0.29, 0.717) is 30.0 Å². The van der Waals surface area contributed by atoms with Crippen molar-refractivity contribution in [1.82, 2.24) is 19.8 Å². The maximum atomic E-state index is 13.9. The van der Waals surface area contributed by atoms with Gasteiger partial charge < -0.3 is 20.7 Å². The molecule has 0 saturated carbocycles. The number of nitrogens with zero attached hydrogens (tertiary/aromatic N) is 4. The van der Waals surface area contributed by atoms with Crippen LogP contribution in [0.1, 0.15) is 39.5 Å². The second kappa shape index (κ2) is 12.1. The Morgan fingerprint density at radius 1 is 1.05 bits per heavy atom. The number of piperazine rings is 1. The van der Waals surface area contributed by atoms with Crippen LogP contribution in [0.2, 0.25) is 0 Å². The van der Waals surface area contributed by atoms with Gasteiger partial charge in [-0.15, -0.1) is 0 Å². The number of alkyl halides is 3. The number of methoxy groups -OCH3 is 1. The molecule has 0 radical (unpaired) electrons. The number of halogens is 3. The SMILES string of the molecule is CCN1CCN(Cc2ccc(C(=O)Nc3cc(C#Cc4cnc(N)c(OC)c4)ccn3)cc2C(F)(F)F)CC1. The third-order valence-corrected chi connectivity index (χ3v) is 6.44. The average Bonchev–Trinajstić information content (AvgIpc) is 2.93. The Hall–Kier alpha value is -4.14. The fraction of sp³-hybridized carbons (Fsp3) is 0.321. The first-order valence-electron chi connectivity index (χ1n) is 12.4. The Bertz CT molecular complexity index is 1390. The van der Waals surface area contributed by atoms with E-state index in [1.807, 2.05) is 4.90 Å². The molecule has 39 heavy (non-hydrogen) atoms. The third-order valence-electron chi connectivity index (χ3n) is 6.44. The number of likely N-dealkylation sites (N-methyl/N-ethyl adjacent to an activating group) is 1. The van der Waals surface area contributed by atoms with Crippen molar-refractivity contribution in [3.63, 3.8) is 0 Å². The predicted molar refractivity (Wildman–Crippen MR) is 142 cm³/mol. The molecule has 11 heteroatoms. The Balaban J connectivity index is 1.48. The molecule has 1 saturated heterocycles. The number of carbonyl (C=O) groups is 1. The summed E-state index contributed by atoms with van der Waals surface area (Å²) >= 11 is 0. The van der Waals surface area contributed by atoms with Gasteiger partial charge in [0.2, 0.25) is 0 Å². The number of benzene rings is 1. The van der Waals surface area contributed by atoms with Gasteiger partial charge in [-0.3, -0.25) is 9.69 Å². The molecule has 2 aromatic heterocycles. The number of nitrogen functional groups attached to an aromatic ring is 1. The molecule has 1 aliphatic rings. The van der Waals surface area contributed by atoms with Crippen molar-refractivity contribution >= 4 is 17.5 Å². The van der Waals surface area contributed by atoms with Crippen LogP contribution in [0.4, 0.5) is 24.8 Å². The summed E-state index contributed by atoms with van der Waals surface area (Å²) < 4.78 is 46.9. The molecule has 204 valence electrons. The van der Waals surface area contributed by atoms with Gasteiger partial charge in [-0.05, 0) is 36.4 Å². The molecule has 0 atom stereocenters. The molecule has 0 unspecified atom stereocenters. The zero-order valence-corrected chi connectivity index (χ0v) is 21.7. The van der Waals surface area contributed by atoms with Gasteiger partial charge in [0, 0.05) is 67.9 Å². The Morgan fingerprint density at radius 2 is 1.77 bits per heavy atom. The van der Waals surface area contributed by atoms with E-state index in [0.717, 1.165) is 25.7 Å². The first-order valence-corrected chi connectivity index (χ1v) is 12.4. The number of pyridine rings is 2. The molecule has 1 fully saturated rings. The molecule has 4 rings (SSSR count). The zero-order valence-electron chi connectivity index (χ0n) is 21.7. The maximum Gasteiger partial charge on any atom is 0.416 e. The molecular weight excluding hydrogens is 509 g/mol.